The summed E-state index contributed by atoms with van der Waals surface area (Å²) in [6.07, 6.45) is 6.86. The number of hydrogen-bond donors (Lipinski definition) is 3. The molecule has 6 nitrogen and oxygen atoms in total. The van der Waals surface area contributed by atoms with Crippen LogP contribution in [0.15, 0.2) is 42.6 Å². The number of nitrogens with zero attached hydrogens (tertiary/aromatic N) is 2. The first-order chi connectivity index (χ1) is 14.9. The van der Waals surface area contributed by atoms with E-state index in [1.54, 1.807) is 23.2 Å². The van der Waals surface area contributed by atoms with E-state index in [1.807, 2.05) is 25.1 Å². The second-order valence-electron chi connectivity index (χ2n) is 9.04. The van der Waals surface area contributed by atoms with Gasteiger partial charge in [-0.15, -0.1) is 0 Å². The molecule has 31 heavy (non-hydrogen) atoms. The van der Waals surface area contributed by atoms with E-state index < -0.39 is 23.1 Å². The maximum atomic E-state index is 15.0. The van der Waals surface area contributed by atoms with Crippen molar-refractivity contribution in [2.24, 2.45) is 11.7 Å². The highest BCUT2D eigenvalue weighted by molar-refractivity contribution is 5.57. The summed E-state index contributed by atoms with van der Waals surface area (Å²) in [6.45, 7) is 2.12. The molecule has 1 saturated carbocycles. The highest BCUT2D eigenvalue weighted by Gasteiger charge is 2.43. The number of carbonyl (C=O) groups is 1. The summed E-state index contributed by atoms with van der Waals surface area (Å²) < 4.78 is 15.0. The van der Waals surface area contributed by atoms with Crippen LogP contribution in [-0.4, -0.2) is 34.8 Å². The lowest BCUT2D eigenvalue weighted by atomic mass is 9.82. The van der Waals surface area contributed by atoms with Crippen molar-refractivity contribution in [3.05, 3.63) is 59.7 Å². The first kappa shape index (κ1) is 21.7. The van der Waals surface area contributed by atoms with Gasteiger partial charge in [0.05, 0.1) is 22.5 Å². The van der Waals surface area contributed by atoms with Gasteiger partial charge in [-0.3, -0.25) is 9.78 Å². The molecule has 2 heterocycles. The number of amides is 1. The third kappa shape index (κ3) is 4.43. The number of nitrogens with one attached hydrogen (secondary N) is 1. The smallest absolute Gasteiger partial charge is 0.208 e. The molecule has 166 valence electrons. The zero-order valence-corrected chi connectivity index (χ0v) is 17.9. The maximum absolute atomic E-state index is 15.0. The van der Waals surface area contributed by atoms with E-state index in [4.69, 9.17) is 5.73 Å². The fourth-order valence-corrected chi connectivity index (χ4v) is 4.59. The van der Waals surface area contributed by atoms with Gasteiger partial charge < -0.3 is 21.1 Å². The number of halogens is 1. The summed E-state index contributed by atoms with van der Waals surface area (Å²) in [5.74, 6) is 0.290. The molecule has 1 aromatic heterocycles. The van der Waals surface area contributed by atoms with Gasteiger partial charge in [0.2, 0.25) is 6.41 Å². The van der Waals surface area contributed by atoms with Gasteiger partial charge in [0.25, 0.3) is 0 Å². The van der Waals surface area contributed by atoms with Crippen molar-refractivity contribution in [3.8, 4) is 0 Å². The van der Waals surface area contributed by atoms with Crippen LogP contribution in [-0.2, 0) is 10.3 Å². The van der Waals surface area contributed by atoms with E-state index >= 15 is 4.39 Å². The first-order valence-electron chi connectivity index (χ1n) is 11.1. The average molecular weight is 427 g/mol. The Balaban J connectivity index is 1.73. The molecule has 4 N–H and O–H groups in total. The molecule has 1 aliphatic heterocycles. The van der Waals surface area contributed by atoms with E-state index in [0.29, 0.717) is 37.3 Å². The number of aliphatic hydroxyl groups is 1. The van der Waals surface area contributed by atoms with Gasteiger partial charge in [-0.25, -0.2) is 4.39 Å². The second-order valence-corrected chi connectivity index (χ2v) is 9.04. The molecule has 2 unspecified atom stereocenters. The van der Waals surface area contributed by atoms with Gasteiger partial charge >= 0.3 is 0 Å². The van der Waals surface area contributed by atoms with Crippen LogP contribution >= 0.6 is 0 Å². The normalized spacial score (nSPS) is 25.3. The molecule has 4 rings (SSSR count). The fraction of sp³-hybridized carbons (Fsp3) is 0.500. The molecule has 2 aromatic rings. The van der Waals surface area contributed by atoms with E-state index in [0.717, 1.165) is 17.7 Å². The van der Waals surface area contributed by atoms with Crippen molar-refractivity contribution in [3.63, 3.8) is 0 Å². The van der Waals surface area contributed by atoms with E-state index in [2.05, 4.69) is 10.3 Å². The summed E-state index contributed by atoms with van der Waals surface area (Å²) in [5, 5.41) is 13.5. The number of benzene rings is 1. The van der Waals surface area contributed by atoms with E-state index in [-0.39, 0.29) is 6.54 Å². The maximum Gasteiger partial charge on any atom is 0.208 e. The van der Waals surface area contributed by atoms with Crippen LogP contribution in [0.3, 0.4) is 0 Å². The number of hydrogen-bond acceptors (Lipinski definition) is 5. The highest BCUT2D eigenvalue weighted by atomic mass is 19.1. The first-order valence-corrected chi connectivity index (χ1v) is 11.1. The second kappa shape index (κ2) is 8.55. The largest absolute Gasteiger partial charge is 0.388 e. The van der Waals surface area contributed by atoms with Crippen LogP contribution in [0.2, 0.25) is 0 Å². The van der Waals surface area contributed by atoms with Crippen LogP contribution < -0.4 is 16.0 Å². The highest BCUT2D eigenvalue weighted by Crippen LogP contribution is 2.41. The molecule has 1 aromatic carbocycles. The van der Waals surface area contributed by atoms with E-state index in [1.165, 1.54) is 18.9 Å². The Bertz CT molecular complexity index is 923. The molecule has 0 spiro atoms. The van der Waals surface area contributed by atoms with Gasteiger partial charge in [-0.2, -0.15) is 0 Å². The summed E-state index contributed by atoms with van der Waals surface area (Å²) >= 11 is 0. The number of rotatable bonds is 9. The number of carbonyl (C=O) groups excluding carboxylic acids is 1. The summed E-state index contributed by atoms with van der Waals surface area (Å²) in [6, 6.07) is 10.6. The van der Waals surface area contributed by atoms with E-state index in [9.17, 15) is 9.90 Å². The Morgan fingerprint density at radius 1 is 1.39 bits per heavy atom. The number of nitrogens with two attached hydrogens (primary N) is 1. The Morgan fingerprint density at radius 2 is 2.19 bits per heavy atom. The lowest BCUT2D eigenvalue weighted by Gasteiger charge is -2.32. The van der Waals surface area contributed by atoms with Crippen molar-refractivity contribution in [2.75, 3.05) is 11.4 Å². The van der Waals surface area contributed by atoms with Gasteiger partial charge in [-0.05, 0) is 55.0 Å². The lowest BCUT2D eigenvalue weighted by Crippen LogP contribution is -2.42. The Morgan fingerprint density at radius 3 is 2.84 bits per heavy atom. The number of anilines is 1. The fourth-order valence-electron chi connectivity index (χ4n) is 4.59. The van der Waals surface area contributed by atoms with Crippen molar-refractivity contribution in [1.29, 1.82) is 0 Å². The van der Waals surface area contributed by atoms with Gasteiger partial charge in [0, 0.05) is 19.2 Å². The molecule has 1 aliphatic carbocycles. The average Bonchev–Trinajstić information content (AvgIpc) is 3.56. The molecule has 1 saturated heterocycles. The van der Waals surface area contributed by atoms with Gasteiger partial charge in [0.1, 0.15) is 12.0 Å². The Hall–Kier alpha value is -2.51. The SMILES string of the molecule is CCC1(O)C[C@H](NC=O)N(c2cc(C(N)(CCC3CC3)c3ccccn3)ccc2F)C1. The minimum atomic E-state index is -0.990. The van der Waals surface area contributed by atoms with Crippen LogP contribution in [0.5, 0.6) is 0 Å². The number of aromatic nitrogens is 1. The minimum absolute atomic E-state index is 0.235. The van der Waals surface area contributed by atoms with Crippen LogP contribution in [0.25, 0.3) is 0 Å². The lowest BCUT2D eigenvalue weighted by molar-refractivity contribution is -0.110. The molecule has 7 heteroatoms. The van der Waals surface area contributed by atoms with Crippen molar-refractivity contribution >= 4 is 12.1 Å². The monoisotopic (exact) mass is 426 g/mol. The molecule has 0 radical (unpaired) electrons. The summed E-state index contributed by atoms with van der Waals surface area (Å²) in [4.78, 5) is 17.4. The van der Waals surface area contributed by atoms with Crippen molar-refractivity contribution in [1.82, 2.24) is 10.3 Å². The van der Waals surface area contributed by atoms with Crippen LogP contribution in [0.1, 0.15) is 56.7 Å². The Kier molecular flexibility index (Phi) is 5.99. The van der Waals surface area contributed by atoms with Crippen molar-refractivity contribution in [2.45, 2.75) is 62.8 Å². The molecule has 1 amide bonds. The molecular formula is C24H31FN4O2. The van der Waals surface area contributed by atoms with Crippen LogP contribution in [0.4, 0.5) is 10.1 Å². The third-order valence-electron chi connectivity index (χ3n) is 6.87. The topological polar surface area (TPSA) is 91.5 Å². The summed E-state index contributed by atoms with van der Waals surface area (Å²) in [5.41, 5.74) is 7.01. The van der Waals surface area contributed by atoms with Crippen LogP contribution in [0, 0.1) is 11.7 Å². The molecule has 2 fully saturated rings. The molecule has 0 bridgehead atoms. The molecule has 2 aliphatic rings. The predicted octanol–water partition coefficient (Wildman–Crippen LogP) is 3.04. The number of pyridine rings is 1. The minimum Gasteiger partial charge on any atom is -0.388 e. The zero-order chi connectivity index (χ0) is 22.1. The van der Waals surface area contributed by atoms with Gasteiger partial charge in [0.15, 0.2) is 0 Å². The molecule has 3 atom stereocenters. The number of β-amino-alcohol motifs (C(OH)–C–C–N with tert-alkyl or cyclic N) is 1. The Labute approximate surface area is 182 Å². The standard InChI is InChI=1S/C24H31FN4O2/c1-2-23(31)14-22(28-16-30)29(15-23)20-13-18(8-9-19(20)25)24(26,11-10-17-6-7-17)21-5-3-4-12-27-21/h3-5,8-9,12-13,16-17,22,31H,2,6-7,10-11,14-15,26H2,1H3,(H,28,30)/t22-,23?,24?/m1/s1. The van der Waals surface area contributed by atoms with Crippen molar-refractivity contribution < 1.29 is 14.3 Å². The zero-order valence-electron chi connectivity index (χ0n) is 17.9. The third-order valence-corrected chi connectivity index (χ3v) is 6.87. The molecular weight excluding hydrogens is 395 g/mol. The quantitative estimate of drug-likeness (QED) is 0.536. The predicted molar refractivity (Wildman–Crippen MR) is 118 cm³/mol. The summed E-state index contributed by atoms with van der Waals surface area (Å²) in [7, 11) is 0. The van der Waals surface area contributed by atoms with Gasteiger partial charge in [-0.1, -0.05) is 31.9 Å².